The first-order valence-electron chi connectivity index (χ1n) is 7.97. The van der Waals surface area contributed by atoms with Crippen molar-refractivity contribution in [1.82, 2.24) is 4.90 Å². The number of amides is 2. The zero-order chi connectivity index (χ0) is 18.0. The van der Waals surface area contributed by atoms with E-state index in [0.717, 1.165) is 23.4 Å². The first-order chi connectivity index (χ1) is 12.0. The summed E-state index contributed by atoms with van der Waals surface area (Å²) in [5.41, 5.74) is 1.73. The smallest absolute Gasteiger partial charge is 0.322 e. The topological polar surface area (TPSA) is 35.6 Å². The van der Waals surface area contributed by atoms with Crippen molar-refractivity contribution in [1.29, 1.82) is 0 Å². The van der Waals surface area contributed by atoms with Crippen molar-refractivity contribution in [3.63, 3.8) is 0 Å². The fraction of sp³-hybridized carbons (Fsp3) is 0.278. The highest BCUT2D eigenvalue weighted by Crippen LogP contribution is 2.25. The second-order valence-corrected chi connectivity index (χ2v) is 6.37. The molecule has 3 rings (SSSR count). The zero-order valence-corrected chi connectivity index (χ0v) is 14.5. The number of piperazine rings is 1. The van der Waals surface area contributed by atoms with Gasteiger partial charge in [-0.1, -0.05) is 17.7 Å². The third-order valence-electron chi connectivity index (χ3n) is 4.26. The number of aryl methyl sites for hydroxylation is 1. The summed E-state index contributed by atoms with van der Waals surface area (Å²) >= 11 is 5.98. The van der Waals surface area contributed by atoms with Gasteiger partial charge in [0, 0.05) is 36.9 Å². The van der Waals surface area contributed by atoms with Gasteiger partial charge in [-0.3, -0.25) is 0 Å². The average Bonchev–Trinajstić information content (AvgIpc) is 2.58. The van der Waals surface area contributed by atoms with Crippen LogP contribution in [0.4, 0.5) is 25.0 Å². The van der Waals surface area contributed by atoms with Crippen LogP contribution in [0.25, 0.3) is 0 Å². The minimum absolute atomic E-state index is 0.413. The first kappa shape index (κ1) is 17.5. The molecule has 1 aliphatic rings. The highest BCUT2D eigenvalue weighted by atomic mass is 35.5. The molecule has 132 valence electrons. The van der Waals surface area contributed by atoms with E-state index in [1.54, 1.807) is 4.90 Å². The number of anilines is 2. The van der Waals surface area contributed by atoms with Crippen molar-refractivity contribution in [3.05, 3.63) is 58.6 Å². The number of urea groups is 1. The number of para-hydroxylation sites is 1. The van der Waals surface area contributed by atoms with E-state index in [9.17, 15) is 13.6 Å². The van der Waals surface area contributed by atoms with E-state index in [2.05, 4.69) is 10.2 Å². The van der Waals surface area contributed by atoms with Crippen molar-refractivity contribution >= 4 is 29.0 Å². The Balaban J connectivity index is 1.63. The molecule has 1 fully saturated rings. The standard InChI is InChI=1S/C18H18ClF2N3O/c1-12-11-13(19)5-6-16(12)23-7-9-24(10-8-23)18(25)22-17-14(20)3-2-4-15(17)21/h2-6,11H,7-10H2,1H3,(H,22,25). The Bertz CT molecular complexity index is 772. The van der Waals surface area contributed by atoms with Gasteiger partial charge in [0.05, 0.1) is 0 Å². The van der Waals surface area contributed by atoms with Crippen LogP contribution in [-0.4, -0.2) is 37.1 Å². The number of hydrogen-bond acceptors (Lipinski definition) is 2. The van der Waals surface area contributed by atoms with E-state index in [0.29, 0.717) is 31.2 Å². The molecule has 1 saturated heterocycles. The summed E-state index contributed by atoms with van der Waals surface area (Å²) in [6.45, 7) is 4.18. The minimum Gasteiger partial charge on any atom is -0.368 e. The van der Waals surface area contributed by atoms with Gasteiger partial charge in [0.2, 0.25) is 0 Å². The SMILES string of the molecule is Cc1cc(Cl)ccc1N1CCN(C(=O)Nc2c(F)cccc2F)CC1. The number of halogens is 3. The molecule has 0 spiro atoms. The van der Waals surface area contributed by atoms with Crippen LogP contribution in [0.2, 0.25) is 5.02 Å². The first-order valence-corrected chi connectivity index (χ1v) is 8.34. The van der Waals surface area contributed by atoms with E-state index in [1.807, 2.05) is 25.1 Å². The minimum atomic E-state index is -0.788. The summed E-state index contributed by atoms with van der Waals surface area (Å²) in [6.07, 6.45) is 0. The number of nitrogens with one attached hydrogen (secondary N) is 1. The number of rotatable bonds is 2. The molecule has 0 atom stereocenters. The Kier molecular flexibility index (Phi) is 5.08. The molecule has 1 N–H and O–H groups in total. The highest BCUT2D eigenvalue weighted by Gasteiger charge is 2.23. The molecule has 0 saturated carbocycles. The maximum absolute atomic E-state index is 13.6. The number of hydrogen-bond donors (Lipinski definition) is 1. The Morgan fingerprint density at radius 2 is 1.72 bits per heavy atom. The average molecular weight is 366 g/mol. The molecular weight excluding hydrogens is 348 g/mol. The summed E-state index contributed by atoms with van der Waals surface area (Å²) in [4.78, 5) is 16.0. The molecule has 0 unspecified atom stereocenters. The lowest BCUT2D eigenvalue weighted by Gasteiger charge is -2.36. The predicted octanol–water partition coefficient (Wildman–Crippen LogP) is 4.28. The summed E-state index contributed by atoms with van der Waals surface area (Å²) in [6, 6.07) is 8.67. The number of carbonyl (C=O) groups excluding carboxylic acids is 1. The molecule has 7 heteroatoms. The molecule has 1 heterocycles. The van der Waals surface area contributed by atoms with Gasteiger partial charge in [-0.05, 0) is 42.8 Å². The molecule has 2 aromatic rings. The van der Waals surface area contributed by atoms with E-state index < -0.39 is 23.4 Å². The van der Waals surface area contributed by atoms with Crippen molar-refractivity contribution in [2.75, 3.05) is 36.4 Å². The van der Waals surface area contributed by atoms with Crippen LogP contribution in [0.15, 0.2) is 36.4 Å². The molecule has 1 aliphatic heterocycles. The Labute approximate surface area is 150 Å². The van der Waals surface area contributed by atoms with Gasteiger partial charge < -0.3 is 15.1 Å². The normalized spacial score (nSPS) is 14.6. The zero-order valence-electron chi connectivity index (χ0n) is 13.7. The summed E-state index contributed by atoms with van der Waals surface area (Å²) in [7, 11) is 0. The van der Waals surface area contributed by atoms with Gasteiger partial charge in [-0.15, -0.1) is 0 Å². The van der Waals surface area contributed by atoms with E-state index in [1.165, 1.54) is 6.07 Å². The van der Waals surface area contributed by atoms with Crippen LogP contribution in [0.1, 0.15) is 5.56 Å². The molecule has 0 aromatic heterocycles. The van der Waals surface area contributed by atoms with Crippen molar-refractivity contribution < 1.29 is 13.6 Å². The number of carbonyl (C=O) groups is 1. The Morgan fingerprint density at radius 3 is 2.32 bits per heavy atom. The Morgan fingerprint density at radius 1 is 1.08 bits per heavy atom. The van der Waals surface area contributed by atoms with E-state index in [-0.39, 0.29) is 0 Å². The maximum atomic E-state index is 13.6. The fourth-order valence-electron chi connectivity index (χ4n) is 2.93. The molecular formula is C18H18ClF2N3O. The summed E-state index contributed by atoms with van der Waals surface area (Å²) in [5, 5.41) is 3.01. The molecule has 2 aromatic carbocycles. The summed E-state index contributed by atoms with van der Waals surface area (Å²) in [5.74, 6) is -1.58. The molecule has 4 nitrogen and oxygen atoms in total. The van der Waals surface area contributed by atoms with Crippen LogP contribution in [0, 0.1) is 18.6 Å². The predicted molar refractivity (Wildman–Crippen MR) is 95.4 cm³/mol. The van der Waals surface area contributed by atoms with Crippen molar-refractivity contribution in [2.45, 2.75) is 6.92 Å². The van der Waals surface area contributed by atoms with Crippen molar-refractivity contribution in [3.8, 4) is 0 Å². The third-order valence-corrected chi connectivity index (χ3v) is 4.50. The van der Waals surface area contributed by atoms with Gasteiger partial charge in [0.15, 0.2) is 0 Å². The monoisotopic (exact) mass is 365 g/mol. The van der Waals surface area contributed by atoms with Crippen LogP contribution in [0.5, 0.6) is 0 Å². The van der Waals surface area contributed by atoms with Crippen molar-refractivity contribution in [2.24, 2.45) is 0 Å². The molecule has 0 radical (unpaired) electrons. The fourth-order valence-corrected chi connectivity index (χ4v) is 3.15. The second-order valence-electron chi connectivity index (χ2n) is 5.93. The van der Waals surface area contributed by atoms with Gasteiger partial charge in [-0.25, -0.2) is 13.6 Å². The Hall–Kier alpha value is -2.34. The van der Waals surface area contributed by atoms with Gasteiger partial charge in [-0.2, -0.15) is 0 Å². The lowest BCUT2D eigenvalue weighted by Crippen LogP contribution is -2.50. The van der Waals surface area contributed by atoms with Crippen LogP contribution >= 0.6 is 11.6 Å². The largest absolute Gasteiger partial charge is 0.368 e. The molecule has 2 amide bonds. The lowest BCUT2D eigenvalue weighted by molar-refractivity contribution is 0.208. The van der Waals surface area contributed by atoms with Crippen LogP contribution in [0.3, 0.4) is 0 Å². The van der Waals surface area contributed by atoms with Crippen LogP contribution in [-0.2, 0) is 0 Å². The van der Waals surface area contributed by atoms with Gasteiger partial charge in [0.25, 0.3) is 0 Å². The third kappa shape index (κ3) is 3.85. The van der Waals surface area contributed by atoms with E-state index in [4.69, 9.17) is 11.6 Å². The van der Waals surface area contributed by atoms with Gasteiger partial charge in [0.1, 0.15) is 17.3 Å². The lowest BCUT2D eigenvalue weighted by atomic mass is 10.1. The molecule has 25 heavy (non-hydrogen) atoms. The maximum Gasteiger partial charge on any atom is 0.322 e. The summed E-state index contributed by atoms with van der Waals surface area (Å²) < 4.78 is 27.3. The van der Waals surface area contributed by atoms with E-state index >= 15 is 0 Å². The molecule has 0 bridgehead atoms. The van der Waals surface area contributed by atoms with Crippen LogP contribution < -0.4 is 10.2 Å². The second kappa shape index (κ2) is 7.27. The number of benzene rings is 2. The quantitative estimate of drug-likeness (QED) is 0.862. The van der Waals surface area contributed by atoms with Gasteiger partial charge >= 0.3 is 6.03 Å². The number of nitrogens with zero attached hydrogens (tertiary/aromatic N) is 2. The highest BCUT2D eigenvalue weighted by molar-refractivity contribution is 6.30. The molecule has 0 aliphatic carbocycles.